The number of hydrogen-bond donors (Lipinski definition) is 1. The summed E-state index contributed by atoms with van der Waals surface area (Å²) in [4.78, 5) is 34.3. The lowest BCUT2D eigenvalue weighted by Crippen LogP contribution is -2.47. The van der Waals surface area contributed by atoms with Crippen molar-refractivity contribution in [3.05, 3.63) is 82.3 Å². The SMILES string of the molecule is COc1ccc(CN(C(=O)Cc2cccs2)[C@H](C(=O)NC2CCCCC2)c2cccnc2)cc1. The predicted octanol–water partition coefficient (Wildman–Crippen LogP) is 4.91. The molecule has 0 unspecified atom stereocenters. The van der Waals surface area contributed by atoms with E-state index in [1.165, 1.54) is 6.42 Å². The zero-order valence-electron chi connectivity index (χ0n) is 19.5. The lowest BCUT2D eigenvalue weighted by Gasteiger charge is -2.33. The van der Waals surface area contributed by atoms with Gasteiger partial charge in [0.25, 0.3) is 0 Å². The molecule has 7 heteroatoms. The van der Waals surface area contributed by atoms with Crippen molar-refractivity contribution in [2.75, 3.05) is 7.11 Å². The topological polar surface area (TPSA) is 71.5 Å². The molecule has 2 aromatic heterocycles. The van der Waals surface area contributed by atoms with Crippen molar-refractivity contribution >= 4 is 23.2 Å². The Morgan fingerprint density at radius 1 is 1.12 bits per heavy atom. The molecule has 6 nitrogen and oxygen atoms in total. The van der Waals surface area contributed by atoms with E-state index in [0.29, 0.717) is 12.1 Å². The summed E-state index contributed by atoms with van der Waals surface area (Å²) in [5.41, 5.74) is 1.64. The van der Waals surface area contributed by atoms with E-state index in [1.807, 2.05) is 53.9 Å². The number of methoxy groups -OCH3 is 1. The lowest BCUT2D eigenvalue weighted by molar-refractivity contribution is -0.141. The highest BCUT2D eigenvalue weighted by Crippen LogP contribution is 2.27. The van der Waals surface area contributed by atoms with Crippen LogP contribution in [-0.4, -0.2) is 34.8 Å². The maximum atomic E-state index is 13.7. The normalized spacial score (nSPS) is 14.9. The Balaban J connectivity index is 1.66. The Morgan fingerprint density at radius 3 is 2.56 bits per heavy atom. The van der Waals surface area contributed by atoms with Crippen LogP contribution in [0.2, 0.25) is 0 Å². The molecule has 0 bridgehead atoms. The fourth-order valence-electron chi connectivity index (χ4n) is 4.45. The number of ether oxygens (including phenoxy) is 1. The van der Waals surface area contributed by atoms with Crippen LogP contribution in [0, 0.1) is 0 Å². The summed E-state index contributed by atoms with van der Waals surface area (Å²) in [6.07, 6.45) is 9.03. The third-order valence-corrected chi connectivity index (χ3v) is 7.13. The first kappa shape index (κ1) is 24.0. The smallest absolute Gasteiger partial charge is 0.247 e. The van der Waals surface area contributed by atoms with Crippen molar-refractivity contribution in [1.82, 2.24) is 15.2 Å². The molecule has 1 fully saturated rings. The van der Waals surface area contributed by atoms with Crippen LogP contribution in [0.25, 0.3) is 0 Å². The molecule has 1 N–H and O–H groups in total. The van der Waals surface area contributed by atoms with Crippen LogP contribution >= 0.6 is 11.3 Å². The summed E-state index contributed by atoms with van der Waals surface area (Å²) in [6, 6.07) is 14.6. The van der Waals surface area contributed by atoms with Crippen molar-refractivity contribution in [3.8, 4) is 5.75 Å². The van der Waals surface area contributed by atoms with Crippen LogP contribution < -0.4 is 10.1 Å². The molecule has 0 radical (unpaired) electrons. The number of nitrogens with zero attached hydrogens (tertiary/aromatic N) is 2. The summed E-state index contributed by atoms with van der Waals surface area (Å²) >= 11 is 1.55. The zero-order chi connectivity index (χ0) is 23.8. The number of nitrogens with one attached hydrogen (secondary N) is 1. The minimum atomic E-state index is -0.759. The summed E-state index contributed by atoms with van der Waals surface area (Å²) in [5.74, 6) is 0.512. The van der Waals surface area contributed by atoms with Gasteiger partial charge in [0.05, 0.1) is 13.5 Å². The molecule has 1 atom stereocenters. The predicted molar refractivity (Wildman–Crippen MR) is 134 cm³/mol. The Bertz CT molecular complexity index is 1050. The van der Waals surface area contributed by atoms with Crippen LogP contribution in [0.15, 0.2) is 66.3 Å². The third-order valence-electron chi connectivity index (χ3n) is 6.25. The quantitative estimate of drug-likeness (QED) is 0.475. The van der Waals surface area contributed by atoms with E-state index >= 15 is 0 Å². The van der Waals surface area contributed by atoms with Crippen molar-refractivity contribution < 1.29 is 14.3 Å². The van der Waals surface area contributed by atoms with E-state index in [4.69, 9.17) is 4.74 Å². The van der Waals surface area contributed by atoms with Crippen LogP contribution in [-0.2, 0) is 22.6 Å². The maximum Gasteiger partial charge on any atom is 0.247 e. The highest BCUT2D eigenvalue weighted by molar-refractivity contribution is 7.10. The number of pyridine rings is 1. The zero-order valence-corrected chi connectivity index (χ0v) is 20.3. The second kappa shape index (κ2) is 11.8. The van der Waals surface area contributed by atoms with E-state index in [0.717, 1.165) is 41.9 Å². The maximum absolute atomic E-state index is 13.7. The standard InChI is InChI=1S/C27H31N3O3S/c1-33-23-13-11-20(12-14-23)19-30(25(31)17-24-10-6-16-34-24)26(21-7-5-15-28-18-21)27(32)29-22-8-3-2-4-9-22/h5-7,10-16,18,22,26H,2-4,8-9,17,19H2,1H3,(H,29,32)/t26-/m0/s1. The first-order valence-electron chi connectivity index (χ1n) is 11.8. The number of amides is 2. The van der Waals surface area contributed by atoms with Crippen molar-refractivity contribution in [3.63, 3.8) is 0 Å². The van der Waals surface area contributed by atoms with Gasteiger partial charge in [0.1, 0.15) is 11.8 Å². The van der Waals surface area contributed by atoms with E-state index in [1.54, 1.807) is 35.7 Å². The molecule has 1 aliphatic rings. The molecule has 178 valence electrons. The molecule has 0 aliphatic heterocycles. The number of hydrogen-bond acceptors (Lipinski definition) is 5. The van der Waals surface area contributed by atoms with Gasteiger partial charge in [-0.1, -0.05) is 43.5 Å². The van der Waals surface area contributed by atoms with E-state index < -0.39 is 6.04 Å². The second-order valence-corrected chi connectivity index (χ2v) is 9.69. The fourth-order valence-corrected chi connectivity index (χ4v) is 5.15. The monoisotopic (exact) mass is 477 g/mol. The first-order chi connectivity index (χ1) is 16.6. The molecule has 0 spiro atoms. The van der Waals surface area contributed by atoms with Crippen LogP contribution in [0.1, 0.15) is 54.1 Å². The van der Waals surface area contributed by atoms with Gasteiger partial charge < -0.3 is 15.0 Å². The minimum absolute atomic E-state index is 0.0917. The Kier molecular flexibility index (Phi) is 8.31. The average Bonchev–Trinajstić information content (AvgIpc) is 3.38. The second-order valence-electron chi connectivity index (χ2n) is 8.66. The van der Waals surface area contributed by atoms with Gasteiger partial charge in [-0.05, 0) is 48.1 Å². The highest BCUT2D eigenvalue weighted by Gasteiger charge is 2.33. The highest BCUT2D eigenvalue weighted by atomic mass is 32.1. The summed E-state index contributed by atoms with van der Waals surface area (Å²) < 4.78 is 5.28. The van der Waals surface area contributed by atoms with Gasteiger partial charge in [0.15, 0.2) is 0 Å². The average molecular weight is 478 g/mol. The Hall–Kier alpha value is -3.19. The molecule has 1 aliphatic carbocycles. The summed E-state index contributed by atoms with van der Waals surface area (Å²) in [7, 11) is 1.62. The molecule has 1 aromatic carbocycles. The summed E-state index contributed by atoms with van der Waals surface area (Å²) in [5, 5.41) is 5.20. The van der Waals surface area contributed by atoms with E-state index in [2.05, 4.69) is 10.3 Å². The lowest BCUT2D eigenvalue weighted by atomic mass is 9.94. The molecule has 3 aromatic rings. The number of rotatable bonds is 9. The van der Waals surface area contributed by atoms with E-state index in [-0.39, 0.29) is 24.3 Å². The number of thiophene rings is 1. The van der Waals surface area contributed by atoms with E-state index in [9.17, 15) is 9.59 Å². The molecular weight excluding hydrogens is 446 g/mol. The molecule has 2 amide bonds. The van der Waals surface area contributed by atoms with Crippen LogP contribution in [0.3, 0.4) is 0 Å². The van der Waals surface area contributed by atoms with Gasteiger partial charge >= 0.3 is 0 Å². The molecule has 2 heterocycles. The van der Waals surface area contributed by atoms with Crippen LogP contribution in [0.4, 0.5) is 0 Å². The van der Waals surface area contributed by atoms with Gasteiger partial charge in [-0.25, -0.2) is 0 Å². The molecule has 0 saturated heterocycles. The summed E-state index contributed by atoms with van der Waals surface area (Å²) in [6.45, 7) is 0.311. The van der Waals surface area contributed by atoms with Gasteiger partial charge in [0.2, 0.25) is 11.8 Å². The van der Waals surface area contributed by atoms with Gasteiger partial charge in [-0.2, -0.15) is 0 Å². The molecule has 4 rings (SSSR count). The number of benzene rings is 1. The van der Waals surface area contributed by atoms with Gasteiger partial charge in [-0.15, -0.1) is 11.3 Å². The molecular formula is C27H31N3O3S. The Labute approximate surface area is 205 Å². The largest absolute Gasteiger partial charge is 0.497 e. The Morgan fingerprint density at radius 2 is 1.91 bits per heavy atom. The third kappa shape index (κ3) is 6.23. The van der Waals surface area contributed by atoms with Gasteiger partial charge in [0, 0.05) is 35.4 Å². The van der Waals surface area contributed by atoms with Crippen molar-refractivity contribution in [2.24, 2.45) is 0 Å². The number of carbonyl (C=O) groups is 2. The number of carbonyl (C=O) groups excluding carboxylic acids is 2. The van der Waals surface area contributed by atoms with Crippen molar-refractivity contribution in [1.29, 1.82) is 0 Å². The fraction of sp³-hybridized carbons (Fsp3) is 0.370. The minimum Gasteiger partial charge on any atom is -0.497 e. The molecule has 34 heavy (non-hydrogen) atoms. The van der Waals surface area contributed by atoms with Crippen LogP contribution in [0.5, 0.6) is 5.75 Å². The number of aromatic nitrogens is 1. The molecule has 1 saturated carbocycles. The van der Waals surface area contributed by atoms with Crippen molar-refractivity contribution in [2.45, 2.75) is 57.2 Å². The first-order valence-corrected chi connectivity index (χ1v) is 12.7. The van der Waals surface area contributed by atoms with Gasteiger partial charge in [-0.3, -0.25) is 14.6 Å².